The van der Waals surface area contributed by atoms with Crippen LogP contribution in [0.25, 0.3) is 16.9 Å². The molecule has 5 nitrogen and oxygen atoms in total. The molecule has 3 rings (SSSR count). The topological polar surface area (TPSA) is 61.8 Å². The number of pyridine rings is 1. The van der Waals surface area contributed by atoms with E-state index >= 15 is 0 Å². The van der Waals surface area contributed by atoms with Gasteiger partial charge in [-0.1, -0.05) is 6.92 Å². The van der Waals surface area contributed by atoms with Crippen LogP contribution in [-0.4, -0.2) is 22.6 Å². The molecule has 0 radical (unpaired) electrons. The number of imidazole rings is 1. The fourth-order valence-electron chi connectivity index (χ4n) is 2.45. The minimum absolute atomic E-state index is 0.593. The first kappa shape index (κ1) is 15.2. The van der Waals surface area contributed by atoms with E-state index in [0.29, 0.717) is 24.7 Å². The van der Waals surface area contributed by atoms with E-state index in [2.05, 4.69) is 6.92 Å². The summed E-state index contributed by atoms with van der Waals surface area (Å²) < 4.78 is 13.2. The van der Waals surface area contributed by atoms with E-state index in [-0.39, 0.29) is 0 Å². The van der Waals surface area contributed by atoms with Crippen molar-refractivity contribution in [3.63, 3.8) is 0 Å². The number of hydrogen-bond donors (Lipinski definition) is 1. The van der Waals surface area contributed by atoms with Gasteiger partial charge >= 0.3 is 0 Å². The molecular formula is C18H21N3O2. The summed E-state index contributed by atoms with van der Waals surface area (Å²) in [4.78, 5) is 4.69. The second kappa shape index (κ2) is 6.60. The fraction of sp³-hybridized carbons (Fsp3) is 0.278. The van der Waals surface area contributed by atoms with Crippen LogP contribution in [-0.2, 0) is 0 Å². The Kier molecular flexibility index (Phi) is 4.37. The molecule has 23 heavy (non-hydrogen) atoms. The van der Waals surface area contributed by atoms with Gasteiger partial charge in [0.15, 0.2) is 11.4 Å². The van der Waals surface area contributed by atoms with Crippen LogP contribution in [0.15, 0.2) is 42.7 Å². The summed E-state index contributed by atoms with van der Waals surface area (Å²) in [6.07, 6.45) is 4.90. The van der Waals surface area contributed by atoms with Gasteiger partial charge in [-0.15, -0.1) is 0 Å². The fourth-order valence-corrected chi connectivity index (χ4v) is 2.45. The molecule has 0 bridgehead atoms. The van der Waals surface area contributed by atoms with Crippen molar-refractivity contribution in [2.75, 3.05) is 18.9 Å². The van der Waals surface area contributed by atoms with E-state index < -0.39 is 0 Å². The smallest absolute Gasteiger partial charge is 0.180 e. The van der Waals surface area contributed by atoms with E-state index in [4.69, 9.17) is 20.2 Å². The van der Waals surface area contributed by atoms with Crippen molar-refractivity contribution in [3.05, 3.63) is 42.7 Å². The molecule has 2 heterocycles. The van der Waals surface area contributed by atoms with Crippen LogP contribution < -0.4 is 15.2 Å². The third kappa shape index (κ3) is 3.08. The molecule has 0 spiro atoms. The average Bonchev–Trinajstić information content (AvgIpc) is 2.99. The zero-order valence-corrected chi connectivity index (χ0v) is 13.5. The van der Waals surface area contributed by atoms with E-state index in [1.807, 2.05) is 54.0 Å². The first-order valence-electron chi connectivity index (χ1n) is 7.86. The predicted octanol–water partition coefficient (Wildman–Crippen LogP) is 3.77. The zero-order chi connectivity index (χ0) is 16.2. The highest BCUT2D eigenvalue weighted by molar-refractivity contribution is 5.71. The number of nitrogen functional groups attached to an aromatic ring is 1. The summed E-state index contributed by atoms with van der Waals surface area (Å²) in [6.45, 7) is 5.29. The first-order valence-corrected chi connectivity index (χ1v) is 7.86. The molecule has 120 valence electrons. The highest BCUT2D eigenvalue weighted by atomic mass is 16.5. The second-order valence-corrected chi connectivity index (χ2v) is 5.26. The van der Waals surface area contributed by atoms with Gasteiger partial charge < -0.3 is 19.6 Å². The van der Waals surface area contributed by atoms with Gasteiger partial charge in [0.2, 0.25) is 0 Å². The number of ether oxygens (including phenoxy) is 2. The summed E-state index contributed by atoms with van der Waals surface area (Å²) in [5.74, 6) is 1.49. The lowest BCUT2D eigenvalue weighted by Gasteiger charge is -2.07. The van der Waals surface area contributed by atoms with Crippen LogP contribution in [0.4, 0.5) is 5.69 Å². The summed E-state index contributed by atoms with van der Waals surface area (Å²) >= 11 is 0. The summed E-state index contributed by atoms with van der Waals surface area (Å²) in [5, 5.41) is 0. The third-order valence-corrected chi connectivity index (χ3v) is 3.51. The van der Waals surface area contributed by atoms with Gasteiger partial charge in [0, 0.05) is 18.0 Å². The molecule has 0 saturated heterocycles. The molecule has 1 aromatic carbocycles. The largest absolute Gasteiger partial charge is 0.492 e. The van der Waals surface area contributed by atoms with Crippen molar-refractivity contribution in [1.82, 2.24) is 9.38 Å². The normalized spacial score (nSPS) is 10.9. The molecule has 0 aliphatic heterocycles. The maximum absolute atomic E-state index is 6.05. The van der Waals surface area contributed by atoms with E-state index in [1.54, 1.807) is 0 Å². The van der Waals surface area contributed by atoms with Gasteiger partial charge in [-0.25, -0.2) is 4.98 Å². The monoisotopic (exact) mass is 311 g/mol. The molecule has 2 N–H and O–H groups in total. The summed E-state index contributed by atoms with van der Waals surface area (Å²) in [7, 11) is 0. The molecule has 0 fully saturated rings. The maximum atomic E-state index is 6.05. The van der Waals surface area contributed by atoms with Crippen molar-refractivity contribution >= 4 is 11.3 Å². The van der Waals surface area contributed by atoms with E-state index in [0.717, 1.165) is 29.1 Å². The Balaban J connectivity index is 1.98. The summed E-state index contributed by atoms with van der Waals surface area (Å²) in [6, 6.07) is 9.63. The van der Waals surface area contributed by atoms with Crippen LogP contribution in [0, 0.1) is 0 Å². The Morgan fingerprint density at radius 1 is 1.13 bits per heavy atom. The van der Waals surface area contributed by atoms with Gasteiger partial charge in [0.05, 0.1) is 24.6 Å². The SMILES string of the molecule is CCCOc1cccn2cc(-c3ccc(OCC)c(N)c3)nc12. The number of anilines is 1. The van der Waals surface area contributed by atoms with Gasteiger partial charge in [-0.2, -0.15) is 0 Å². The molecule has 2 aromatic heterocycles. The number of hydrogen-bond acceptors (Lipinski definition) is 4. The number of rotatable bonds is 6. The number of aromatic nitrogens is 2. The maximum Gasteiger partial charge on any atom is 0.180 e. The number of nitrogens with zero attached hydrogens (tertiary/aromatic N) is 2. The van der Waals surface area contributed by atoms with Gasteiger partial charge in [-0.3, -0.25) is 0 Å². The van der Waals surface area contributed by atoms with Crippen molar-refractivity contribution in [2.45, 2.75) is 20.3 Å². The lowest BCUT2D eigenvalue weighted by molar-refractivity contribution is 0.319. The minimum Gasteiger partial charge on any atom is -0.492 e. The number of benzene rings is 1. The second-order valence-electron chi connectivity index (χ2n) is 5.26. The van der Waals surface area contributed by atoms with Crippen molar-refractivity contribution in [1.29, 1.82) is 0 Å². The molecule has 3 aromatic rings. The standard InChI is InChI=1S/C18H21N3O2/c1-3-10-23-17-6-5-9-21-12-15(20-18(17)21)13-7-8-16(22-4-2)14(19)11-13/h5-9,11-12H,3-4,10,19H2,1-2H3. The molecule has 5 heteroatoms. The Morgan fingerprint density at radius 3 is 2.74 bits per heavy atom. The molecule has 0 aliphatic carbocycles. The van der Waals surface area contributed by atoms with Crippen molar-refractivity contribution < 1.29 is 9.47 Å². The average molecular weight is 311 g/mol. The number of nitrogens with two attached hydrogens (primary N) is 1. The molecular weight excluding hydrogens is 290 g/mol. The van der Waals surface area contributed by atoms with Crippen LogP contribution in [0.3, 0.4) is 0 Å². The van der Waals surface area contributed by atoms with Crippen LogP contribution in [0.5, 0.6) is 11.5 Å². The first-order chi connectivity index (χ1) is 11.2. The van der Waals surface area contributed by atoms with E-state index in [1.165, 1.54) is 0 Å². The van der Waals surface area contributed by atoms with Crippen LogP contribution >= 0.6 is 0 Å². The number of fused-ring (bicyclic) bond motifs is 1. The quantitative estimate of drug-likeness (QED) is 0.704. The zero-order valence-electron chi connectivity index (χ0n) is 13.5. The molecule has 0 aliphatic rings. The van der Waals surface area contributed by atoms with Gasteiger partial charge in [-0.05, 0) is 43.7 Å². The van der Waals surface area contributed by atoms with Crippen LogP contribution in [0.2, 0.25) is 0 Å². The van der Waals surface area contributed by atoms with E-state index in [9.17, 15) is 0 Å². The van der Waals surface area contributed by atoms with Gasteiger partial charge in [0.1, 0.15) is 5.75 Å². The lowest BCUT2D eigenvalue weighted by Crippen LogP contribution is -1.97. The van der Waals surface area contributed by atoms with Crippen molar-refractivity contribution in [2.24, 2.45) is 0 Å². The Hall–Kier alpha value is -2.69. The minimum atomic E-state index is 0.593. The Labute approximate surface area is 135 Å². The summed E-state index contributed by atoms with van der Waals surface area (Å²) in [5.41, 5.74) is 9.28. The van der Waals surface area contributed by atoms with Crippen molar-refractivity contribution in [3.8, 4) is 22.8 Å². The van der Waals surface area contributed by atoms with Crippen LogP contribution in [0.1, 0.15) is 20.3 Å². The Bertz CT molecular complexity index is 811. The predicted molar refractivity (Wildman–Crippen MR) is 92.0 cm³/mol. The Morgan fingerprint density at radius 2 is 2.00 bits per heavy atom. The molecule has 0 unspecified atom stereocenters. The molecule has 0 saturated carbocycles. The highest BCUT2D eigenvalue weighted by Gasteiger charge is 2.10. The highest BCUT2D eigenvalue weighted by Crippen LogP contribution is 2.29. The van der Waals surface area contributed by atoms with Gasteiger partial charge in [0.25, 0.3) is 0 Å². The lowest BCUT2D eigenvalue weighted by atomic mass is 10.1. The molecule has 0 atom stereocenters. The molecule has 0 amide bonds. The third-order valence-electron chi connectivity index (χ3n) is 3.51.